The van der Waals surface area contributed by atoms with Crippen LogP contribution in [0.3, 0.4) is 0 Å². The Morgan fingerprint density at radius 3 is 2.10 bits per heavy atom. The summed E-state index contributed by atoms with van der Waals surface area (Å²) in [4.78, 5) is 7.84. The monoisotopic (exact) mass is 319 g/mol. The molecule has 21 heavy (non-hydrogen) atoms. The number of nitrogens with one attached hydrogen (secondary N) is 2. The van der Waals surface area contributed by atoms with Crippen LogP contribution in [0, 0.1) is 23.3 Å². The molecule has 4 N–H and O–H groups in total. The van der Waals surface area contributed by atoms with Gasteiger partial charge in [-0.15, -0.1) is 0 Å². The van der Waals surface area contributed by atoms with E-state index in [1.807, 2.05) is 0 Å². The van der Waals surface area contributed by atoms with E-state index in [9.17, 15) is 17.6 Å². The fourth-order valence-corrected chi connectivity index (χ4v) is 1.84. The van der Waals surface area contributed by atoms with Crippen molar-refractivity contribution in [1.82, 2.24) is 9.97 Å². The van der Waals surface area contributed by atoms with E-state index in [1.165, 1.54) is 6.07 Å². The number of thioether (sulfide) groups is 1. The number of nitrogen functional groups attached to an aromatic ring is 1. The van der Waals surface area contributed by atoms with Gasteiger partial charge in [-0.1, -0.05) is 11.8 Å². The summed E-state index contributed by atoms with van der Waals surface area (Å²) in [7, 11) is 0. The van der Waals surface area contributed by atoms with E-state index < -0.39 is 29.0 Å². The van der Waals surface area contributed by atoms with Crippen LogP contribution in [0.1, 0.15) is 0 Å². The molecule has 1 heterocycles. The molecule has 0 saturated heterocycles. The summed E-state index contributed by atoms with van der Waals surface area (Å²) in [5.74, 6) is -0.870. The second kappa shape index (κ2) is 6.14. The minimum absolute atomic E-state index is 0.0786. The van der Waals surface area contributed by atoms with Crippen LogP contribution in [0.4, 0.5) is 34.9 Å². The molecule has 0 aliphatic heterocycles. The molecule has 0 bridgehead atoms. The quantitative estimate of drug-likeness (QED) is 0.201. The molecule has 5 nitrogen and oxygen atoms in total. The third-order valence-corrected chi connectivity index (χ3v) is 2.95. The lowest BCUT2D eigenvalue weighted by Crippen LogP contribution is -2.11. The molecule has 0 spiro atoms. The van der Waals surface area contributed by atoms with Crippen LogP contribution in [-0.2, 0) is 0 Å². The minimum atomic E-state index is -1.56. The van der Waals surface area contributed by atoms with Gasteiger partial charge in [0.25, 0.3) is 0 Å². The lowest BCUT2D eigenvalue weighted by atomic mass is 10.2. The third-order valence-electron chi connectivity index (χ3n) is 2.40. The zero-order valence-corrected chi connectivity index (χ0v) is 11.4. The first-order valence-corrected chi connectivity index (χ1v) is 6.68. The highest BCUT2D eigenvalue weighted by Gasteiger charge is 2.20. The number of halogens is 4. The Kier molecular flexibility index (Phi) is 4.48. The Morgan fingerprint density at radius 2 is 1.57 bits per heavy atom. The number of nitrogens with two attached hydrogens (primary N) is 1. The lowest BCUT2D eigenvalue weighted by molar-refractivity contribution is 0.459. The van der Waals surface area contributed by atoms with Gasteiger partial charge < -0.3 is 10.7 Å². The number of hydrogen-bond donors (Lipinski definition) is 3. The molecule has 10 heteroatoms. The molecule has 0 atom stereocenters. The van der Waals surface area contributed by atoms with Crippen molar-refractivity contribution < 1.29 is 17.6 Å². The van der Waals surface area contributed by atoms with Crippen LogP contribution >= 0.6 is 11.8 Å². The van der Waals surface area contributed by atoms with Crippen molar-refractivity contribution in [3.63, 3.8) is 0 Å². The molecule has 2 rings (SSSR count). The van der Waals surface area contributed by atoms with E-state index >= 15 is 0 Å². The van der Waals surface area contributed by atoms with Gasteiger partial charge in [-0.25, -0.2) is 33.4 Å². The predicted octanol–water partition coefficient (Wildman–Crippen LogP) is 2.78. The molecule has 1 aromatic heterocycles. The summed E-state index contributed by atoms with van der Waals surface area (Å²) < 4.78 is 53.4. The molecule has 2 aromatic rings. The number of anilines is 3. The number of hydrogen-bond acceptors (Lipinski definition) is 6. The molecule has 0 aliphatic rings. The first-order chi connectivity index (χ1) is 9.96. The van der Waals surface area contributed by atoms with E-state index in [0.29, 0.717) is 0 Å². The Bertz CT molecular complexity index is 634. The maximum absolute atomic E-state index is 13.6. The molecule has 0 radical (unpaired) electrons. The van der Waals surface area contributed by atoms with Gasteiger partial charge in [-0.2, -0.15) is 0 Å². The first kappa shape index (κ1) is 15.3. The van der Waals surface area contributed by atoms with Gasteiger partial charge in [0, 0.05) is 12.1 Å². The normalized spacial score (nSPS) is 10.6. The second-order valence-electron chi connectivity index (χ2n) is 3.74. The zero-order valence-electron chi connectivity index (χ0n) is 10.5. The molecule has 112 valence electrons. The van der Waals surface area contributed by atoms with Crippen molar-refractivity contribution in [2.45, 2.75) is 5.16 Å². The fourth-order valence-electron chi connectivity index (χ4n) is 1.47. The SMILES string of the molecule is CSc1nc(NN)cc(Nc2c(F)c(F)cc(F)c2F)n1. The zero-order chi connectivity index (χ0) is 15.6. The Balaban J connectivity index is 2.47. The highest BCUT2D eigenvalue weighted by atomic mass is 32.2. The van der Waals surface area contributed by atoms with Gasteiger partial charge >= 0.3 is 0 Å². The largest absolute Gasteiger partial charge is 0.335 e. The van der Waals surface area contributed by atoms with Crippen LogP contribution in [0.2, 0.25) is 0 Å². The molecule has 0 unspecified atom stereocenters. The summed E-state index contributed by atoms with van der Waals surface area (Å²) in [5, 5.41) is 2.42. The molecule has 0 amide bonds. The molecular weight excluding hydrogens is 310 g/mol. The van der Waals surface area contributed by atoms with Gasteiger partial charge in [-0.05, 0) is 6.26 Å². The van der Waals surface area contributed by atoms with Crippen LogP contribution in [0.15, 0.2) is 17.3 Å². The van der Waals surface area contributed by atoms with Crippen molar-refractivity contribution in [3.8, 4) is 0 Å². The molecule has 1 aromatic carbocycles. The summed E-state index contributed by atoms with van der Waals surface area (Å²) in [5.41, 5.74) is 1.25. The van der Waals surface area contributed by atoms with E-state index in [4.69, 9.17) is 5.84 Å². The van der Waals surface area contributed by atoms with Crippen molar-refractivity contribution in [3.05, 3.63) is 35.4 Å². The number of benzene rings is 1. The number of nitrogens with zero attached hydrogens (tertiary/aromatic N) is 2. The van der Waals surface area contributed by atoms with Crippen molar-refractivity contribution in [2.75, 3.05) is 17.0 Å². The molecule has 0 saturated carbocycles. The summed E-state index contributed by atoms with van der Waals surface area (Å²) in [6, 6.07) is 1.34. The second-order valence-corrected chi connectivity index (χ2v) is 4.51. The summed E-state index contributed by atoms with van der Waals surface area (Å²) in [6.07, 6.45) is 1.67. The fraction of sp³-hybridized carbons (Fsp3) is 0.0909. The van der Waals surface area contributed by atoms with Crippen molar-refractivity contribution in [1.29, 1.82) is 0 Å². The van der Waals surface area contributed by atoms with Crippen LogP contribution in [0.25, 0.3) is 0 Å². The van der Waals surface area contributed by atoms with Crippen LogP contribution in [-0.4, -0.2) is 16.2 Å². The van der Waals surface area contributed by atoms with Gasteiger partial charge in [-0.3, -0.25) is 0 Å². The van der Waals surface area contributed by atoms with E-state index in [2.05, 4.69) is 20.7 Å². The average molecular weight is 319 g/mol. The molecular formula is C11H9F4N5S. The van der Waals surface area contributed by atoms with Crippen LogP contribution in [0.5, 0.6) is 0 Å². The standard InChI is InChI=1S/C11H9F4N5S/c1-21-11-18-6(3-7(19-11)20-16)17-10-8(14)4(12)2-5(13)9(10)15/h2-3H,16H2,1H3,(H2,17,18,19,20). The van der Waals surface area contributed by atoms with Crippen molar-refractivity contribution >= 4 is 29.1 Å². The maximum atomic E-state index is 13.6. The van der Waals surface area contributed by atoms with Gasteiger partial charge in [0.2, 0.25) is 0 Å². The van der Waals surface area contributed by atoms with Crippen molar-refractivity contribution in [2.24, 2.45) is 5.84 Å². The maximum Gasteiger partial charge on any atom is 0.191 e. The number of rotatable bonds is 4. The van der Waals surface area contributed by atoms with Crippen LogP contribution < -0.4 is 16.6 Å². The highest BCUT2D eigenvalue weighted by molar-refractivity contribution is 7.98. The van der Waals surface area contributed by atoms with E-state index in [-0.39, 0.29) is 22.9 Å². The Morgan fingerprint density at radius 1 is 1.00 bits per heavy atom. The number of hydrazine groups is 1. The van der Waals surface area contributed by atoms with E-state index in [0.717, 1.165) is 11.8 Å². The first-order valence-electron chi connectivity index (χ1n) is 5.46. The lowest BCUT2D eigenvalue weighted by Gasteiger charge is -2.11. The summed E-state index contributed by atoms with van der Waals surface area (Å²) >= 11 is 1.14. The predicted molar refractivity (Wildman–Crippen MR) is 71.2 cm³/mol. The summed E-state index contributed by atoms with van der Waals surface area (Å²) in [6.45, 7) is 0. The highest BCUT2D eigenvalue weighted by Crippen LogP contribution is 2.28. The van der Waals surface area contributed by atoms with E-state index in [1.54, 1.807) is 6.26 Å². The number of aromatic nitrogens is 2. The topological polar surface area (TPSA) is 75.9 Å². The minimum Gasteiger partial charge on any atom is -0.335 e. The molecule has 0 aliphatic carbocycles. The van der Waals surface area contributed by atoms with Gasteiger partial charge in [0.05, 0.1) is 0 Å². The smallest absolute Gasteiger partial charge is 0.191 e. The third kappa shape index (κ3) is 3.16. The Hall–Kier alpha value is -2.07. The van der Waals surface area contributed by atoms with Gasteiger partial charge in [0.1, 0.15) is 17.3 Å². The average Bonchev–Trinajstić information content (AvgIpc) is 2.49. The van der Waals surface area contributed by atoms with Gasteiger partial charge in [0.15, 0.2) is 28.4 Å². The Labute approximate surface area is 120 Å². The molecule has 0 fully saturated rings.